The third-order valence-corrected chi connectivity index (χ3v) is 9.29. The second kappa shape index (κ2) is 10.9. The number of hydrogen-bond acceptors (Lipinski definition) is 7. The molecule has 4 saturated carbocycles. The summed E-state index contributed by atoms with van der Waals surface area (Å²) >= 11 is 6.26. The number of halogens is 1. The SMILES string of the molecule is N#Cc1cnc(NCc2ccccc2Cl)nc1NCC12CCC(NCC3CCC(O)CC3)(CC1)CC2. The zero-order chi connectivity index (χ0) is 25.0. The molecule has 2 bridgehead atoms. The molecule has 36 heavy (non-hydrogen) atoms. The molecule has 4 aliphatic rings. The van der Waals surface area contributed by atoms with Gasteiger partial charge in [0.25, 0.3) is 0 Å². The second-order valence-electron chi connectivity index (χ2n) is 11.2. The van der Waals surface area contributed by atoms with Gasteiger partial charge in [0.1, 0.15) is 17.5 Å². The lowest BCUT2D eigenvalue weighted by Gasteiger charge is -2.54. The Bertz CT molecular complexity index is 1070. The van der Waals surface area contributed by atoms with E-state index in [9.17, 15) is 10.4 Å². The van der Waals surface area contributed by atoms with E-state index in [1.54, 1.807) is 6.20 Å². The highest BCUT2D eigenvalue weighted by atomic mass is 35.5. The van der Waals surface area contributed by atoms with Crippen molar-refractivity contribution in [2.75, 3.05) is 23.7 Å². The van der Waals surface area contributed by atoms with Gasteiger partial charge in [0.2, 0.25) is 5.95 Å². The maximum Gasteiger partial charge on any atom is 0.224 e. The van der Waals surface area contributed by atoms with Gasteiger partial charge in [-0.2, -0.15) is 10.2 Å². The first-order chi connectivity index (χ1) is 17.5. The predicted octanol–water partition coefficient (Wildman–Crippen LogP) is 5.26. The Hall–Kier alpha value is -2.40. The van der Waals surface area contributed by atoms with Crippen LogP contribution in [-0.4, -0.2) is 39.8 Å². The standard InChI is InChI=1S/C28H37ClN6O/c29-24-4-2-1-3-21(24)17-31-26-32-18-22(15-30)25(35-26)33-19-27-9-12-28(13-10-27,14-11-27)34-16-20-5-7-23(36)8-6-20/h1-4,18,20,23,34,36H,5-14,16-17,19H2,(H2,31,32,33,35). The van der Waals surface area contributed by atoms with E-state index >= 15 is 0 Å². The largest absolute Gasteiger partial charge is 0.393 e. The number of aliphatic hydroxyl groups is 1. The summed E-state index contributed by atoms with van der Waals surface area (Å²) in [4.78, 5) is 8.94. The summed E-state index contributed by atoms with van der Waals surface area (Å²) in [5, 5.41) is 30.8. The molecule has 6 rings (SSSR count). The molecule has 1 aromatic heterocycles. The van der Waals surface area contributed by atoms with Crippen LogP contribution in [0.3, 0.4) is 0 Å². The van der Waals surface area contributed by atoms with Crippen LogP contribution < -0.4 is 16.0 Å². The molecule has 0 atom stereocenters. The van der Waals surface area contributed by atoms with E-state index in [4.69, 9.17) is 11.6 Å². The van der Waals surface area contributed by atoms with Crippen molar-refractivity contribution in [3.8, 4) is 6.07 Å². The topological polar surface area (TPSA) is 106 Å². The van der Waals surface area contributed by atoms with Crippen LogP contribution in [0.1, 0.15) is 75.3 Å². The van der Waals surface area contributed by atoms with Crippen LogP contribution in [0.25, 0.3) is 0 Å². The van der Waals surface area contributed by atoms with Gasteiger partial charge in [0.15, 0.2) is 0 Å². The lowest BCUT2D eigenvalue weighted by Crippen LogP contribution is -2.57. The molecule has 0 spiro atoms. The van der Waals surface area contributed by atoms with E-state index in [0.717, 1.165) is 44.3 Å². The number of nitriles is 1. The molecule has 1 aromatic carbocycles. The summed E-state index contributed by atoms with van der Waals surface area (Å²) < 4.78 is 0. The molecule has 4 fully saturated rings. The monoisotopic (exact) mass is 508 g/mol. The summed E-state index contributed by atoms with van der Waals surface area (Å²) in [7, 11) is 0. The Morgan fingerprint density at radius 1 is 1.03 bits per heavy atom. The van der Waals surface area contributed by atoms with Crippen LogP contribution in [0, 0.1) is 22.7 Å². The minimum Gasteiger partial charge on any atom is -0.393 e. The van der Waals surface area contributed by atoms with Crippen molar-refractivity contribution in [1.29, 1.82) is 5.26 Å². The second-order valence-corrected chi connectivity index (χ2v) is 11.6. The van der Waals surface area contributed by atoms with Gasteiger partial charge < -0.3 is 21.1 Å². The highest BCUT2D eigenvalue weighted by Gasteiger charge is 2.48. The van der Waals surface area contributed by atoms with Gasteiger partial charge in [0.05, 0.1) is 12.3 Å². The number of aliphatic hydroxyl groups excluding tert-OH is 1. The smallest absolute Gasteiger partial charge is 0.224 e. The van der Waals surface area contributed by atoms with Crippen LogP contribution in [0.5, 0.6) is 0 Å². The number of rotatable bonds is 9. The quantitative estimate of drug-likeness (QED) is 0.366. The van der Waals surface area contributed by atoms with E-state index in [0.29, 0.717) is 40.4 Å². The molecular formula is C28H37ClN6O. The Balaban J connectivity index is 1.15. The molecule has 0 saturated heterocycles. The Kier molecular flexibility index (Phi) is 7.66. The fraction of sp³-hybridized carbons (Fsp3) is 0.607. The number of benzene rings is 1. The summed E-state index contributed by atoms with van der Waals surface area (Å²) in [6.45, 7) is 2.44. The minimum absolute atomic E-state index is 0.0810. The summed E-state index contributed by atoms with van der Waals surface area (Å²) in [5.74, 6) is 1.80. The fourth-order valence-electron chi connectivity index (χ4n) is 6.27. The van der Waals surface area contributed by atoms with Gasteiger partial charge in [-0.15, -0.1) is 0 Å². The highest BCUT2D eigenvalue weighted by Crippen LogP contribution is 2.52. The van der Waals surface area contributed by atoms with Crippen LogP contribution >= 0.6 is 11.6 Å². The lowest BCUT2D eigenvalue weighted by molar-refractivity contribution is 0.0271. The van der Waals surface area contributed by atoms with Crippen molar-refractivity contribution < 1.29 is 5.11 Å². The molecule has 0 aliphatic heterocycles. The zero-order valence-electron chi connectivity index (χ0n) is 20.9. The first kappa shape index (κ1) is 25.3. The highest BCUT2D eigenvalue weighted by molar-refractivity contribution is 6.31. The van der Waals surface area contributed by atoms with Gasteiger partial charge >= 0.3 is 0 Å². The summed E-state index contributed by atoms with van der Waals surface area (Å²) in [5.41, 5.74) is 2.00. The maximum atomic E-state index is 9.78. The normalized spacial score (nSPS) is 29.5. The van der Waals surface area contributed by atoms with Crippen molar-refractivity contribution in [2.24, 2.45) is 11.3 Å². The number of anilines is 2. The number of nitrogens with zero attached hydrogens (tertiary/aromatic N) is 3. The Morgan fingerprint density at radius 3 is 2.44 bits per heavy atom. The van der Waals surface area contributed by atoms with Gasteiger partial charge in [0, 0.05) is 23.7 Å². The molecule has 4 N–H and O–H groups in total. The van der Waals surface area contributed by atoms with Crippen LogP contribution in [-0.2, 0) is 6.54 Å². The maximum absolute atomic E-state index is 9.78. The van der Waals surface area contributed by atoms with Crippen LogP contribution in [0.2, 0.25) is 5.02 Å². The van der Waals surface area contributed by atoms with Crippen molar-refractivity contribution in [2.45, 2.75) is 82.4 Å². The molecule has 2 aromatic rings. The molecule has 4 aliphatic carbocycles. The fourth-order valence-corrected chi connectivity index (χ4v) is 6.48. The average molecular weight is 509 g/mol. The molecule has 1 heterocycles. The van der Waals surface area contributed by atoms with E-state index < -0.39 is 0 Å². The van der Waals surface area contributed by atoms with Gasteiger partial charge in [-0.25, -0.2) is 4.98 Å². The summed E-state index contributed by atoms with van der Waals surface area (Å²) in [6.07, 6.45) is 12.9. The van der Waals surface area contributed by atoms with Crippen LogP contribution in [0.15, 0.2) is 30.5 Å². The Labute approximate surface area is 219 Å². The summed E-state index contributed by atoms with van der Waals surface area (Å²) in [6, 6.07) is 9.92. The van der Waals surface area contributed by atoms with E-state index in [1.165, 1.54) is 38.5 Å². The van der Waals surface area contributed by atoms with Gasteiger partial charge in [-0.3, -0.25) is 0 Å². The zero-order valence-corrected chi connectivity index (χ0v) is 21.7. The number of hydrogen-bond donors (Lipinski definition) is 4. The minimum atomic E-state index is -0.0810. The molecule has 0 radical (unpaired) electrons. The third-order valence-electron chi connectivity index (χ3n) is 8.92. The lowest BCUT2D eigenvalue weighted by atomic mass is 9.57. The molecule has 192 valence electrons. The number of aromatic nitrogens is 2. The van der Waals surface area contributed by atoms with Crippen molar-refractivity contribution in [1.82, 2.24) is 15.3 Å². The molecule has 0 unspecified atom stereocenters. The van der Waals surface area contributed by atoms with Crippen molar-refractivity contribution in [3.63, 3.8) is 0 Å². The first-order valence-corrected chi connectivity index (χ1v) is 13.8. The first-order valence-electron chi connectivity index (χ1n) is 13.4. The van der Waals surface area contributed by atoms with Crippen LogP contribution in [0.4, 0.5) is 11.8 Å². The number of nitrogens with one attached hydrogen (secondary N) is 3. The van der Waals surface area contributed by atoms with E-state index in [1.807, 2.05) is 24.3 Å². The van der Waals surface area contributed by atoms with Gasteiger partial charge in [-0.05, 0) is 93.7 Å². The molecule has 7 nitrogen and oxygen atoms in total. The third kappa shape index (κ3) is 5.77. The number of fused-ring (bicyclic) bond motifs is 3. The van der Waals surface area contributed by atoms with Gasteiger partial charge in [-0.1, -0.05) is 29.8 Å². The van der Waals surface area contributed by atoms with E-state index in [-0.39, 0.29) is 11.5 Å². The van der Waals surface area contributed by atoms with Crippen molar-refractivity contribution >= 4 is 23.4 Å². The molecule has 0 amide bonds. The Morgan fingerprint density at radius 2 is 1.75 bits per heavy atom. The average Bonchev–Trinajstić information content (AvgIpc) is 2.92. The van der Waals surface area contributed by atoms with E-state index in [2.05, 4.69) is 32.0 Å². The molecular weight excluding hydrogens is 472 g/mol. The molecule has 8 heteroatoms. The predicted molar refractivity (Wildman–Crippen MR) is 143 cm³/mol. The van der Waals surface area contributed by atoms with Crippen molar-refractivity contribution in [3.05, 3.63) is 46.6 Å².